The molecule has 0 radical (unpaired) electrons. The van der Waals surface area contributed by atoms with Crippen molar-refractivity contribution in [2.24, 2.45) is 0 Å². The molecule has 1 aromatic heterocycles. The van der Waals surface area contributed by atoms with Crippen LogP contribution in [0, 0.1) is 6.92 Å². The van der Waals surface area contributed by atoms with Crippen LogP contribution in [0.5, 0.6) is 0 Å². The molecular formula is C21H23ClN4OS. The van der Waals surface area contributed by atoms with Crippen LogP contribution in [0.15, 0.2) is 53.7 Å². The lowest BCUT2D eigenvalue weighted by molar-refractivity contribution is -0.115. The molecule has 0 unspecified atom stereocenters. The number of halogens is 1. The maximum atomic E-state index is 12.6. The summed E-state index contributed by atoms with van der Waals surface area (Å²) in [5.41, 5.74) is 2.77. The highest BCUT2D eigenvalue weighted by atomic mass is 35.5. The molecule has 0 aliphatic rings. The summed E-state index contributed by atoms with van der Waals surface area (Å²) < 4.78 is 2.06. The van der Waals surface area contributed by atoms with E-state index in [0.717, 1.165) is 28.8 Å². The highest BCUT2D eigenvalue weighted by Crippen LogP contribution is 2.27. The summed E-state index contributed by atoms with van der Waals surface area (Å²) in [5, 5.41) is 12.7. The molecule has 5 nitrogen and oxygen atoms in total. The van der Waals surface area contributed by atoms with E-state index in [1.165, 1.54) is 17.3 Å². The van der Waals surface area contributed by atoms with E-state index in [1.54, 1.807) is 0 Å². The SMILES string of the molecule is CCn1c(Cc2ccccc2)nnc1S[C@H](C)C(=O)Nc1cccc(Cl)c1C. The fraction of sp³-hybridized carbons (Fsp3) is 0.286. The van der Waals surface area contributed by atoms with Crippen LogP contribution in [-0.2, 0) is 17.8 Å². The van der Waals surface area contributed by atoms with E-state index in [0.29, 0.717) is 11.4 Å². The number of hydrogen-bond acceptors (Lipinski definition) is 4. The zero-order valence-electron chi connectivity index (χ0n) is 16.1. The van der Waals surface area contributed by atoms with Crippen molar-refractivity contribution in [3.63, 3.8) is 0 Å². The molecule has 28 heavy (non-hydrogen) atoms. The van der Waals surface area contributed by atoms with Crippen LogP contribution in [0.3, 0.4) is 0 Å². The first-order chi connectivity index (χ1) is 13.5. The molecule has 0 aliphatic carbocycles. The number of nitrogens with zero attached hydrogens (tertiary/aromatic N) is 3. The maximum absolute atomic E-state index is 12.6. The van der Waals surface area contributed by atoms with Crippen molar-refractivity contribution in [3.8, 4) is 0 Å². The molecule has 0 aliphatic heterocycles. The second kappa shape index (κ2) is 9.26. The molecule has 1 N–H and O–H groups in total. The third-order valence-electron chi connectivity index (χ3n) is 4.49. The van der Waals surface area contributed by atoms with Gasteiger partial charge in [-0.05, 0) is 44.0 Å². The topological polar surface area (TPSA) is 59.8 Å². The fourth-order valence-corrected chi connectivity index (χ4v) is 3.93. The smallest absolute Gasteiger partial charge is 0.237 e. The van der Waals surface area contributed by atoms with Gasteiger partial charge in [0.15, 0.2) is 5.16 Å². The summed E-state index contributed by atoms with van der Waals surface area (Å²) in [5.74, 6) is 0.806. The van der Waals surface area contributed by atoms with Gasteiger partial charge in [-0.15, -0.1) is 10.2 Å². The van der Waals surface area contributed by atoms with Gasteiger partial charge in [0.25, 0.3) is 0 Å². The van der Waals surface area contributed by atoms with Gasteiger partial charge in [-0.3, -0.25) is 4.79 Å². The standard InChI is InChI=1S/C21H23ClN4OS/c1-4-26-19(13-16-9-6-5-7-10-16)24-25-21(26)28-15(3)20(27)23-18-12-8-11-17(22)14(18)2/h5-12,15H,4,13H2,1-3H3,(H,23,27)/t15-/m1/s1. The molecule has 0 saturated heterocycles. The van der Waals surface area contributed by atoms with Gasteiger partial charge >= 0.3 is 0 Å². The lowest BCUT2D eigenvalue weighted by Crippen LogP contribution is -2.23. The summed E-state index contributed by atoms with van der Waals surface area (Å²) >= 11 is 7.55. The van der Waals surface area contributed by atoms with Crippen LogP contribution in [0.25, 0.3) is 0 Å². The molecule has 0 saturated carbocycles. The Morgan fingerprint density at radius 2 is 1.93 bits per heavy atom. The molecule has 0 fully saturated rings. The lowest BCUT2D eigenvalue weighted by Gasteiger charge is -2.14. The number of nitrogens with one attached hydrogen (secondary N) is 1. The molecule has 1 atom stereocenters. The van der Waals surface area contributed by atoms with E-state index in [1.807, 2.05) is 50.2 Å². The van der Waals surface area contributed by atoms with Crippen LogP contribution in [-0.4, -0.2) is 25.9 Å². The van der Waals surface area contributed by atoms with Crippen molar-refractivity contribution in [3.05, 3.63) is 70.5 Å². The monoisotopic (exact) mass is 414 g/mol. The number of carbonyl (C=O) groups is 1. The first-order valence-electron chi connectivity index (χ1n) is 9.18. The second-order valence-electron chi connectivity index (χ2n) is 6.47. The third kappa shape index (κ3) is 4.75. The predicted molar refractivity (Wildman–Crippen MR) is 115 cm³/mol. The normalized spacial score (nSPS) is 12.0. The average molecular weight is 415 g/mol. The number of aromatic nitrogens is 3. The number of rotatable bonds is 7. The average Bonchev–Trinajstić information content (AvgIpc) is 3.07. The summed E-state index contributed by atoms with van der Waals surface area (Å²) in [6, 6.07) is 15.7. The number of carbonyl (C=O) groups excluding carboxylic acids is 1. The number of benzene rings is 2. The maximum Gasteiger partial charge on any atom is 0.237 e. The van der Waals surface area contributed by atoms with Gasteiger partial charge in [0, 0.05) is 23.7 Å². The molecule has 2 aromatic carbocycles. The Kier molecular flexibility index (Phi) is 6.75. The quantitative estimate of drug-likeness (QED) is 0.554. The Morgan fingerprint density at radius 3 is 2.64 bits per heavy atom. The van der Waals surface area contributed by atoms with Crippen LogP contribution >= 0.6 is 23.4 Å². The molecule has 0 bridgehead atoms. The van der Waals surface area contributed by atoms with E-state index in [9.17, 15) is 4.79 Å². The minimum Gasteiger partial charge on any atom is -0.325 e. The van der Waals surface area contributed by atoms with Gasteiger partial charge in [0.05, 0.1) is 5.25 Å². The van der Waals surface area contributed by atoms with Crippen LogP contribution < -0.4 is 5.32 Å². The van der Waals surface area contributed by atoms with Gasteiger partial charge in [-0.1, -0.05) is 59.8 Å². The predicted octanol–water partition coefficient (Wildman–Crippen LogP) is 4.97. The Bertz CT molecular complexity index is 958. The summed E-state index contributed by atoms with van der Waals surface area (Å²) in [4.78, 5) is 12.6. The molecular weight excluding hydrogens is 392 g/mol. The van der Waals surface area contributed by atoms with E-state index in [4.69, 9.17) is 11.6 Å². The van der Waals surface area contributed by atoms with E-state index in [-0.39, 0.29) is 11.2 Å². The Morgan fingerprint density at radius 1 is 1.18 bits per heavy atom. The molecule has 1 amide bonds. The number of hydrogen-bond donors (Lipinski definition) is 1. The van der Waals surface area contributed by atoms with Crippen molar-refractivity contribution in [2.75, 3.05) is 5.32 Å². The van der Waals surface area contributed by atoms with Crippen molar-refractivity contribution in [2.45, 2.75) is 44.1 Å². The minimum atomic E-state index is -0.322. The number of thioether (sulfide) groups is 1. The van der Waals surface area contributed by atoms with E-state index in [2.05, 4.69) is 39.1 Å². The van der Waals surface area contributed by atoms with Gasteiger partial charge in [0.1, 0.15) is 5.82 Å². The molecule has 7 heteroatoms. The van der Waals surface area contributed by atoms with Crippen LogP contribution in [0.4, 0.5) is 5.69 Å². The van der Waals surface area contributed by atoms with E-state index < -0.39 is 0 Å². The first-order valence-corrected chi connectivity index (χ1v) is 10.4. The fourth-order valence-electron chi connectivity index (χ4n) is 2.82. The zero-order chi connectivity index (χ0) is 20.1. The van der Waals surface area contributed by atoms with Crippen LogP contribution in [0.2, 0.25) is 5.02 Å². The van der Waals surface area contributed by atoms with Crippen molar-refractivity contribution < 1.29 is 4.79 Å². The Hall–Kier alpha value is -2.31. The highest BCUT2D eigenvalue weighted by molar-refractivity contribution is 8.00. The molecule has 1 heterocycles. The van der Waals surface area contributed by atoms with Gasteiger partial charge in [0.2, 0.25) is 5.91 Å². The Labute approximate surface area is 174 Å². The molecule has 3 aromatic rings. The molecule has 3 rings (SSSR count). The summed E-state index contributed by atoms with van der Waals surface area (Å²) in [6.07, 6.45) is 0.713. The number of amides is 1. The van der Waals surface area contributed by atoms with Crippen molar-refractivity contribution >= 4 is 35.0 Å². The number of anilines is 1. The van der Waals surface area contributed by atoms with Gasteiger partial charge in [-0.25, -0.2) is 0 Å². The first kappa shape index (κ1) is 20.4. The Balaban J connectivity index is 1.70. The van der Waals surface area contributed by atoms with E-state index >= 15 is 0 Å². The van der Waals surface area contributed by atoms with Gasteiger partial charge in [-0.2, -0.15) is 0 Å². The van der Waals surface area contributed by atoms with Crippen molar-refractivity contribution in [1.82, 2.24) is 14.8 Å². The summed E-state index contributed by atoms with van der Waals surface area (Å²) in [6.45, 7) is 6.56. The third-order valence-corrected chi connectivity index (χ3v) is 5.98. The largest absolute Gasteiger partial charge is 0.325 e. The van der Waals surface area contributed by atoms with Gasteiger partial charge < -0.3 is 9.88 Å². The van der Waals surface area contributed by atoms with Crippen LogP contribution in [0.1, 0.15) is 30.8 Å². The minimum absolute atomic E-state index is 0.0920. The molecule has 146 valence electrons. The lowest BCUT2D eigenvalue weighted by atomic mass is 10.1. The molecule has 0 spiro atoms. The zero-order valence-corrected chi connectivity index (χ0v) is 17.7. The highest BCUT2D eigenvalue weighted by Gasteiger charge is 2.20. The van der Waals surface area contributed by atoms with Crippen molar-refractivity contribution in [1.29, 1.82) is 0 Å². The summed E-state index contributed by atoms with van der Waals surface area (Å²) in [7, 11) is 0. The second-order valence-corrected chi connectivity index (χ2v) is 8.18.